The molecule has 1 aliphatic heterocycles. The minimum atomic E-state index is -0.637. The molecule has 4 rings (SSSR count). The maximum Gasteiger partial charge on any atom is 0.439 e. The number of amides is 2. The predicted molar refractivity (Wildman–Crippen MR) is 117 cm³/mol. The average Bonchev–Trinajstić information content (AvgIpc) is 3.26. The maximum absolute atomic E-state index is 12.7. The highest BCUT2D eigenvalue weighted by Crippen LogP contribution is 2.22. The smallest absolute Gasteiger partial charge is 0.439 e. The number of aromatic amines is 1. The highest BCUT2D eigenvalue weighted by Gasteiger charge is 2.27. The lowest BCUT2D eigenvalue weighted by Crippen LogP contribution is -2.41. The van der Waals surface area contributed by atoms with Crippen LogP contribution >= 0.6 is 0 Å². The third-order valence-electron chi connectivity index (χ3n) is 5.39. The van der Waals surface area contributed by atoms with Gasteiger partial charge in [0, 0.05) is 30.3 Å². The Hall–Kier alpha value is -3.88. The van der Waals surface area contributed by atoms with E-state index in [0.717, 1.165) is 5.75 Å². The van der Waals surface area contributed by atoms with Gasteiger partial charge in [0.2, 0.25) is 11.8 Å². The molecule has 0 spiro atoms. The van der Waals surface area contributed by atoms with Crippen molar-refractivity contribution in [1.82, 2.24) is 15.0 Å². The van der Waals surface area contributed by atoms with Crippen LogP contribution in [0.3, 0.4) is 0 Å². The normalized spacial score (nSPS) is 14.2. The Labute approximate surface area is 184 Å². The summed E-state index contributed by atoms with van der Waals surface area (Å²) < 4.78 is 10.1. The number of hydrogen-bond donors (Lipinski definition) is 2. The number of rotatable bonds is 7. The topological polar surface area (TPSA) is 118 Å². The fraction of sp³-hybridized carbons (Fsp3) is 0.304. The molecule has 0 bridgehead atoms. The Morgan fingerprint density at radius 1 is 1.12 bits per heavy atom. The Balaban J connectivity index is 1.24. The minimum Gasteiger partial charge on any atom is -0.493 e. The molecule has 9 nitrogen and oxygen atoms in total. The number of likely N-dealkylation sites (tertiary alicyclic amines) is 1. The van der Waals surface area contributed by atoms with Crippen molar-refractivity contribution >= 4 is 17.5 Å². The fourth-order valence-corrected chi connectivity index (χ4v) is 3.66. The average molecular weight is 436 g/mol. The molecule has 2 N–H and O–H groups in total. The summed E-state index contributed by atoms with van der Waals surface area (Å²) in [4.78, 5) is 40.6. The molecule has 2 amide bonds. The van der Waals surface area contributed by atoms with Crippen molar-refractivity contribution in [1.29, 1.82) is 0 Å². The van der Waals surface area contributed by atoms with Gasteiger partial charge in [0.25, 0.3) is 0 Å². The number of hydrogen-bond acceptors (Lipinski definition) is 6. The summed E-state index contributed by atoms with van der Waals surface area (Å²) in [6.07, 6.45) is 1.52. The molecule has 0 unspecified atom stereocenters. The summed E-state index contributed by atoms with van der Waals surface area (Å²) in [7, 11) is 0. The Morgan fingerprint density at radius 3 is 2.62 bits per heavy atom. The third kappa shape index (κ3) is 5.42. The molecule has 1 aromatic heterocycles. The lowest BCUT2D eigenvalue weighted by Gasteiger charge is -2.31. The molecule has 0 aliphatic carbocycles. The molecule has 1 fully saturated rings. The van der Waals surface area contributed by atoms with Crippen molar-refractivity contribution in [2.24, 2.45) is 5.92 Å². The zero-order valence-corrected chi connectivity index (χ0v) is 17.5. The van der Waals surface area contributed by atoms with Gasteiger partial charge in [0.1, 0.15) is 5.75 Å². The predicted octanol–water partition coefficient (Wildman–Crippen LogP) is 2.68. The van der Waals surface area contributed by atoms with Crippen LogP contribution in [0, 0.1) is 5.92 Å². The number of nitrogens with one attached hydrogen (secondary N) is 2. The van der Waals surface area contributed by atoms with Crippen LogP contribution in [0.15, 0.2) is 63.9 Å². The maximum atomic E-state index is 12.7. The number of nitrogens with zero attached hydrogens (tertiary/aromatic N) is 2. The van der Waals surface area contributed by atoms with Crippen molar-refractivity contribution < 1.29 is 18.8 Å². The molecular formula is C23H24N4O5. The quantitative estimate of drug-likeness (QED) is 0.588. The highest BCUT2D eigenvalue weighted by atomic mass is 16.5. The molecule has 32 heavy (non-hydrogen) atoms. The molecule has 0 radical (unpaired) electrons. The van der Waals surface area contributed by atoms with E-state index in [-0.39, 0.29) is 17.7 Å². The SMILES string of the molecule is O=C(Nc1cccc(-c2noc(=O)[nH]2)c1)C1CCN(C(=O)CCOc2ccccc2)CC1. The molecular weight excluding hydrogens is 412 g/mol. The molecule has 1 saturated heterocycles. The number of para-hydroxylation sites is 1. The van der Waals surface area contributed by atoms with Gasteiger partial charge in [-0.1, -0.05) is 35.5 Å². The minimum absolute atomic E-state index is 0.0362. The van der Waals surface area contributed by atoms with Gasteiger partial charge >= 0.3 is 5.76 Å². The largest absolute Gasteiger partial charge is 0.493 e. The zero-order chi connectivity index (χ0) is 22.3. The second-order valence-corrected chi connectivity index (χ2v) is 7.58. The number of benzene rings is 2. The van der Waals surface area contributed by atoms with Crippen LogP contribution in [-0.2, 0) is 9.59 Å². The second-order valence-electron chi connectivity index (χ2n) is 7.58. The molecule has 2 heterocycles. The van der Waals surface area contributed by atoms with Gasteiger partial charge in [0.15, 0.2) is 5.82 Å². The number of H-pyrrole nitrogens is 1. The molecule has 9 heteroatoms. The number of carbonyl (C=O) groups is 2. The number of aromatic nitrogens is 2. The first-order valence-corrected chi connectivity index (χ1v) is 10.5. The number of piperidine rings is 1. The first kappa shape index (κ1) is 21.4. The number of anilines is 1. The van der Waals surface area contributed by atoms with Crippen molar-refractivity contribution in [3.8, 4) is 17.1 Å². The van der Waals surface area contributed by atoms with Crippen molar-refractivity contribution in [3.05, 3.63) is 65.1 Å². The van der Waals surface area contributed by atoms with Gasteiger partial charge in [-0.3, -0.25) is 19.1 Å². The fourth-order valence-electron chi connectivity index (χ4n) is 3.66. The van der Waals surface area contributed by atoms with E-state index in [2.05, 4.69) is 20.0 Å². The van der Waals surface area contributed by atoms with Crippen molar-refractivity contribution in [3.63, 3.8) is 0 Å². The standard InChI is InChI=1S/C23H24N4O5/c28-20(11-14-31-19-7-2-1-3-8-19)27-12-9-16(10-13-27)22(29)24-18-6-4-5-17(15-18)21-25-23(30)32-26-21/h1-8,15-16H,9-14H2,(H,24,29)(H,25,26,30). The monoisotopic (exact) mass is 436 g/mol. The van der Waals surface area contributed by atoms with Crippen molar-refractivity contribution in [2.75, 3.05) is 25.0 Å². The summed E-state index contributed by atoms with van der Waals surface area (Å²) in [5.74, 6) is 0.186. The number of carbonyl (C=O) groups excluding carboxylic acids is 2. The lowest BCUT2D eigenvalue weighted by atomic mass is 9.95. The van der Waals surface area contributed by atoms with Gasteiger partial charge in [-0.2, -0.15) is 0 Å². The van der Waals surface area contributed by atoms with E-state index in [9.17, 15) is 14.4 Å². The second kappa shape index (κ2) is 9.95. The van der Waals surface area contributed by atoms with Crippen LogP contribution in [0.25, 0.3) is 11.4 Å². The van der Waals surface area contributed by atoms with Gasteiger partial charge in [0.05, 0.1) is 13.0 Å². The molecule has 1 aliphatic rings. The molecule has 166 valence electrons. The molecule has 3 aromatic rings. The summed E-state index contributed by atoms with van der Waals surface area (Å²) in [6, 6.07) is 16.4. The van der Waals surface area contributed by atoms with E-state index in [1.165, 1.54) is 0 Å². The van der Waals surface area contributed by atoms with Crippen LogP contribution in [0.5, 0.6) is 5.75 Å². The summed E-state index contributed by atoms with van der Waals surface area (Å²) in [5, 5.41) is 6.57. The van der Waals surface area contributed by atoms with E-state index in [1.54, 1.807) is 29.2 Å². The first-order valence-electron chi connectivity index (χ1n) is 10.5. The van der Waals surface area contributed by atoms with Crippen LogP contribution in [0.2, 0.25) is 0 Å². The van der Waals surface area contributed by atoms with Gasteiger partial charge in [-0.25, -0.2) is 4.79 Å². The Kier molecular flexibility index (Phi) is 6.64. The molecule has 0 atom stereocenters. The Bertz CT molecular complexity index is 1120. The first-order chi connectivity index (χ1) is 15.6. The van der Waals surface area contributed by atoms with E-state index in [1.807, 2.05) is 30.3 Å². The number of ether oxygens (including phenoxy) is 1. The lowest BCUT2D eigenvalue weighted by molar-refractivity contribution is -0.135. The summed E-state index contributed by atoms with van der Waals surface area (Å²) in [6.45, 7) is 1.42. The Morgan fingerprint density at radius 2 is 1.91 bits per heavy atom. The third-order valence-corrected chi connectivity index (χ3v) is 5.39. The van der Waals surface area contributed by atoms with Gasteiger partial charge in [-0.15, -0.1) is 0 Å². The zero-order valence-electron chi connectivity index (χ0n) is 17.5. The van der Waals surface area contributed by atoms with Gasteiger partial charge in [-0.05, 0) is 37.1 Å². The van der Waals surface area contributed by atoms with E-state index in [0.29, 0.717) is 56.0 Å². The summed E-state index contributed by atoms with van der Waals surface area (Å²) >= 11 is 0. The van der Waals surface area contributed by atoms with E-state index >= 15 is 0 Å². The molecule has 2 aromatic carbocycles. The summed E-state index contributed by atoms with van der Waals surface area (Å²) in [5.41, 5.74) is 1.24. The van der Waals surface area contributed by atoms with Gasteiger partial charge < -0.3 is 15.0 Å². The van der Waals surface area contributed by atoms with E-state index < -0.39 is 5.76 Å². The van der Waals surface area contributed by atoms with E-state index in [4.69, 9.17) is 4.74 Å². The van der Waals surface area contributed by atoms with Crippen LogP contribution in [0.1, 0.15) is 19.3 Å². The highest BCUT2D eigenvalue weighted by molar-refractivity contribution is 5.93. The van der Waals surface area contributed by atoms with Crippen LogP contribution in [-0.4, -0.2) is 46.6 Å². The van der Waals surface area contributed by atoms with Crippen molar-refractivity contribution in [2.45, 2.75) is 19.3 Å². The van der Waals surface area contributed by atoms with Crippen LogP contribution < -0.4 is 15.8 Å². The molecule has 0 saturated carbocycles. The van der Waals surface area contributed by atoms with Crippen LogP contribution in [0.4, 0.5) is 5.69 Å².